The summed E-state index contributed by atoms with van der Waals surface area (Å²) in [5.74, 6) is -0.424. The van der Waals surface area contributed by atoms with E-state index in [0.29, 0.717) is 17.7 Å². The Kier molecular flexibility index (Phi) is 3.53. The van der Waals surface area contributed by atoms with E-state index in [9.17, 15) is 8.78 Å². The van der Waals surface area contributed by atoms with Gasteiger partial charge >= 0.3 is 0 Å². The number of imidazole rings is 1. The summed E-state index contributed by atoms with van der Waals surface area (Å²) in [5, 5.41) is 0. The molecule has 0 spiro atoms. The molecular formula is C15H16F2N2O. The third-order valence-corrected chi connectivity index (χ3v) is 3.74. The summed E-state index contributed by atoms with van der Waals surface area (Å²) in [6, 6.07) is 3.23. The Labute approximate surface area is 116 Å². The molecule has 0 saturated carbocycles. The summed E-state index contributed by atoms with van der Waals surface area (Å²) in [4.78, 5) is 4.33. The molecule has 1 aliphatic heterocycles. The summed E-state index contributed by atoms with van der Waals surface area (Å²) in [5.41, 5.74) is 0.660. The second-order valence-corrected chi connectivity index (χ2v) is 5.14. The number of ether oxygens (including phenoxy) is 1. The predicted molar refractivity (Wildman–Crippen MR) is 70.6 cm³/mol. The van der Waals surface area contributed by atoms with Crippen LogP contribution in [-0.4, -0.2) is 22.8 Å². The maximum Gasteiger partial charge on any atom is 0.164 e. The van der Waals surface area contributed by atoms with Gasteiger partial charge in [0.05, 0.1) is 13.2 Å². The molecule has 3 rings (SSSR count). The molecule has 1 aliphatic rings. The molecule has 1 aromatic carbocycles. The fraction of sp³-hybridized carbons (Fsp3) is 0.400. The Morgan fingerprint density at radius 2 is 2.20 bits per heavy atom. The SMILES string of the molecule is Cc1ccc(Cn2ccnc2[C@@H]2CCOC2)c(F)c1F. The third kappa shape index (κ3) is 2.33. The number of hydrogen-bond acceptors (Lipinski definition) is 2. The molecule has 0 bridgehead atoms. The maximum absolute atomic E-state index is 13.9. The lowest BCUT2D eigenvalue weighted by molar-refractivity contribution is 0.192. The van der Waals surface area contributed by atoms with Gasteiger partial charge < -0.3 is 9.30 Å². The number of benzene rings is 1. The quantitative estimate of drug-likeness (QED) is 0.863. The first-order chi connectivity index (χ1) is 9.66. The highest BCUT2D eigenvalue weighted by Crippen LogP contribution is 2.25. The van der Waals surface area contributed by atoms with Crippen LogP contribution in [-0.2, 0) is 11.3 Å². The lowest BCUT2D eigenvalue weighted by Gasteiger charge is -2.13. The Balaban J connectivity index is 1.88. The molecule has 0 unspecified atom stereocenters. The number of aromatic nitrogens is 2. The highest BCUT2D eigenvalue weighted by molar-refractivity contribution is 5.26. The van der Waals surface area contributed by atoms with Crippen molar-refractivity contribution in [3.05, 3.63) is 53.1 Å². The molecule has 2 heterocycles. The summed E-state index contributed by atoms with van der Waals surface area (Å²) < 4.78 is 34.8. The van der Waals surface area contributed by atoms with Crippen molar-refractivity contribution < 1.29 is 13.5 Å². The molecule has 20 heavy (non-hydrogen) atoms. The summed E-state index contributed by atoms with van der Waals surface area (Å²) in [6.45, 7) is 3.21. The van der Waals surface area contributed by atoms with Crippen LogP contribution in [0.25, 0.3) is 0 Å². The van der Waals surface area contributed by atoms with Crippen LogP contribution in [0.5, 0.6) is 0 Å². The van der Waals surface area contributed by atoms with Gasteiger partial charge in [0.25, 0.3) is 0 Å². The van der Waals surface area contributed by atoms with Crippen molar-refractivity contribution in [2.75, 3.05) is 13.2 Å². The zero-order valence-corrected chi connectivity index (χ0v) is 11.3. The lowest BCUT2D eigenvalue weighted by atomic mass is 10.1. The molecule has 0 aliphatic carbocycles. The van der Waals surface area contributed by atoms with Crippen LogP contribution >= 0.6 is 0 Å². The molecule has 1 aromatic heterocycles. The third-order valence-electron chi connectivity index (χ3n) is 3.74. The van der Waals surface area contributed by atoms with Crippen LogP contribution in [0.3, 0.4) is 0 Å². The van der Waals surface area contributed by atoms with E-state index in [0.717, 1.165) is 18.9 Å². The second-order valence-electron chi connectivity index (χ2n) is 5.14. The van der Waals surface area contributed by atoms with Crippen LogP contribution in [0.4, 0.5) is 8.78 Å². The van der Waals surface area contributed by atoms with Gasteiger partial charge in [0, 0.05) is 30.5 Å². The van der Waals surface area contributed by atoms with Crippen LogP contribution in [0.1, 0.15) is 29.3 Å². The first kappa shape index (κ1) is 13.2. The first-order valence-corrected chi connectivity index (χ1v) is 6.69. The van der Waals surface area contributed by atoms with Crippen LogP contribution in [0.2, 0.25) is 0 Å². The van der Waals surface area contributed by atoms with Crippen molar-refractivity contribution in [2.45, 2.75) is 25.8 Å². The molecule has 0 amide bonds. The number of aryl methyl sites for hydroxylation is 1. The van der Waals surface area contributed by atoms with E-state index in [1.807, 2.05) is 4.57 Å². The molecule has 5 heteroatoms. The van der Waals surface area contributed by atoms with Crippen molar-refractivity contribution in [3.8, 4) is 0 Å². The monoisotopic (exact) mass is 278 g/mol. The van der Waals surface area contributed by atoms with Crippen molar-refractivity contribution in [1.82, 2.24) is 9.55 Å². The fourth-order valence-electron chi connectivity index (χ4n) is 2.54. The molecule has 1 fully saturated rings. The lowest BCUT2D eigenvalue weighted by Crippen LogP contribution is -2.11. The van der Waals surface area contributed by atoms with Crippen molar-refractivity contribution in [1.29, 1.82) is 0 Å². The van der Waals surface area contributed by atoms with Crippen molar-refractivity contribution >= 4 is 0 Å². The molecule has 106 valence electrons. The second kappa shape index (κ2) is 5.32. The zero-order chi connectivity index (χ0) is 14.1. The number of nitrogens with zero attached hydrogens (tertiary/aromatic N) is 2. The number of halogens is 2. The van der Waals surface area contributed by atoms with E-state index in [1.54, 1.807) is 31.5 Å². The number of rotatable bonds is 3. The Morgan fingerprint density at radius 1 is 1.35 bits per heavy atom. The van der Waals surface area contributed by atoms with Gasteiger partial charge in [-0.3, -0.25) is 0 Å². The topological polar surface area (TPSA) is 27.1 Å². The van der Waals surface area contributed by atoms with Crippen LogP contribution in [0, 0.1) is 18.6 Å². The van der Waals surface area contributed by atoms with Gasteiger partial charge in [0.1, 0.15) is 5.82 Å². The van der Waals surface area contributed by atoms with E-state index in [4.69, 9.17) is 4.74 Å². The Morgan fingerprint density at radius 3 is 2.95 bits per heavy atom. The normalized spacial score (nSPS) is 18.6. The zero-order valence-electron chi connectivity index (χ0n) is 11.3. The van der Waals surface area contributed by atoms with Gasteiger partial charge in [-0.25, -0.2) is 13.8 Å². The average Bonchev–Trinajstić information content (AvgIpc) is 3.09. The minimum atomic E-state index is -0.771. The predicted octanol–water partition coefficient (Wildman–Crippen LogP) is 3.02. The molecule has 3 nitrogen and oxygen atoms in total. The molecular weight excluding hydrogens is 262 g/mol. The van der Waals surface area contributed by atoms with E-state index in [-0.39, 0.29) is 12.5 Å². The molecule has 0 radical (unpaired) electrons. The van der Waals surface area contributed by atoms with Gasteiger partial charge in [-0.2, -0.15) is 0 Å². The van der Waals surface area contributed by atoms with Gasteiger partial charge in [0.15, 0.2) is 11.6 Å². The fourth-order valence-corrected chi connectivity index (χ4v) is 2.54. The molecule has 1 atom stereocenters. The molecule has 2 aromatic rings. The largest absolute Gasteiger partial charge is 0.381 e. The Hall–Kier alpha value is -1.75. The Bertz CT molecular complexity index is 618. The first-order valence-electron chi connectivity index (χ1n) is 6.69. The maximum atomic E-state index is 13.9. The van der Waals surface area contributed by atoms with Gasteiger partial charge in [0.2, 0.25) is 0 Å². The highest BCUT2D eigenvalue weighted by Gasteiger charge is 2.22. The molecule has 1 saturated heterocycles. The standard InChI is InChI=1S/C15H16F2N2O/c1-10-2-3-11(14(17)13(10)16)8-19-6-5-18-15(19)12-4-7-20-9-12/h2-3,5-6,12H,4,7-9H2,1H3/t12-/m1/s1. The average molecular weight is 278 g/mol. The van der Waals surface area contributed by atoms with E-state index in [2.05, 4.69) is 4.98 Å². The van der Waals surface area contributed by atoms with E-state index in [1.165, 1.54) is 0 Å². The molecule has 0 N–H and O–H groups in total. The minimum absolute atomic E-state index is 0.239. The van der Waals surface area contributed by atoms with Gasteiger partial charge in [-0.15, -0.1) is 0 Å². The van der Waals surface area contributed by atoms with Crippen LogP contribution < -0.4 is 0 Å². The van der Waals surface area contributed by atoms with Gasteiger partial charge in [-0.05, 0) is 18.9 Å². The number of hydrogen-bond donors (Lipinski definition) is 0. The summed E-state index contributed by atoms with van der Waals surface area (Å²) in [7, 11) is 0. The van der Waals surface area contributed by atoms with Crippen molar-refractivity contribution in [3.63, 3.8) is 0 Å². The summed E-state index contributed by atoms with van der Waals surface area (Å²) >= 11 is 0. The van der Waals surface area contributed by atoms with Gasteiger partial charge in [-0.1, -0.05) is 12.1 Å². The minimum Gasteiger partial charge on any atom is -0.381 e. The summed E-state index contributed by atoms with van der Waals surface area (Å²) in [6.07, 6.45) is 4.41. The van der Waals surface area contributed by atoms with E-state index >= 15 is 0 Å². The van der Waals surface area contributed by atoms with Crippen molar-refractivity contribution in [2.24, 2.45) is 0 Å². The highest BCUT2D eigenvalue weighted by atomic mass is 19.2. The van der Waals surface area contributed by atoms with Crippen LogP contribution in [0.15, 0.2) is 24.5 Å². The van der Waals surface area contributed by atoms with E-state index < -0.39 is 11.6 Å². The smallest absolute Gasteiger partial charge is 0.164 e.